The van der Waals surface area contributed by atoms with Gasteiger partial charge in [-0.1, -0.05) is 253 Å². The van der Waals surface area contributed by atoms with Crippen LogP contribution in [0.1, 0.15) is 153 Å². The third kappa shape index (κ3) is 10.5. The van der Waals surface area contributed by atoms with Crippen LogP contribution < -0.4 is 9.30 Å². The van der Waals surface area contributed by atoms with Crippen molar-refractivity contribution in [2.75, 3.05) is 0 Å². The Hall–Kier alpha value is -7.59. The summed E-state index contributed by atoms with van der Waals surface area (Å²) in [6.45, 7) is 32.4. The zero-order valence-electron chi connectivity index (χ0n) is 50.1. The molecule has 0 aliphatic carbocycles. The first-order valence-corrected chi connectivity index (χ1v) is 28.6. The number of fused-ring (bicyclic) bond motifs is 3. The van der Waals surface area contributed by atoms with Gasteiger partial charge >= 0.3 is 0 Å². The van der Waals surface area contributed by atoms with Crippen molar-refractivity contribution in [2.24, 2.45) is 0 Å². The van der Waals surface area contributed by atoms with E-state index in [1.807, 2.05) is 12.3 Å². The standard InChI is InChI=1S/C76H76N4O.Pt/c1-71(2,3)56-42-43-77-67(47-56)80-65-41-28-27-40-63(65)68-64(72(4,5)6)49-62(50-66(68)80)81-61-39-29-38-59(48-61)78-51-79(70(76(13,14)55-36-25-18-26-37-55)69(78)75(11,12)54-34-23-17-24-35-54)60-45-57(73(7,8)52-30-19-15-20-31-52)44-58(46-60)74(9,10)53-32-21-16-22-33-53;/h15-47,49H,1-14H3;/q-2;. The summed E-state index contributed by atoms with van der Waals surface area (Å²) in [7, 11) is 0. The van der Waals surface area contributed by atoms with Gasteiger partial charge in [-0.2, -0.15) is 12.1 Å². The van der Waals surface area contributed by atoms with Crippen molar-refractivity contribution in [1.29, 1.82) is 0 Å². The molecular formula is C76H76N4OPt-2. The van der Waals surface area contributed by atoms with Gasteiger partial charge in [0.05, 0.1) is 17.1 Å². The molecule has 0 N–H and O–H groups in total. The number of pyridine rings is 1. The van der Waals surface area contributed by atoms with Crippen molar-refractivity contribution in [3.8, 4) is 28.7 Å². The van der Waals surface area contributed by atoms with E-state index in [1.54, 1.807) is 0 Å². The molecular weight excluding hydrogens is 1180 g/mol. The fourth-order valence-corrected chi connectivity index (χ4v) is 12.0. The van der Waals surface area contributed by atoms with Gasteiger partial charge in [0, 0.05) is 65.9 Å². The summed E-state index contributed by atoms with van der Waals surface area (Å²) in [5, 5.41) is 2.30. The van der Waals surface area contributed by atoms with Gasteiger partial charge in [0.15, 0.2) is 0 Å². The molecule has 0 amide bonds. The molecule has 3 heterocycles. The van der Waals surface area contributed by atoms with Gasteiger partial charge < -0.3 is 13.9 Å². The first-order chi connectivity index (χ1) is 38.5. The minimum atomic E-state index is -0.561. The fourth-order valence-electron chi connectivity index (χ4n) is 12.0. The Morgan fingerprint density at radius 3 is 1.49 bits per heavy atom. The SMILES string of the molecule is CC(C)(C)c1ccnc(-n2c3[c-]c(Oc4[c-]c(-n5[c-][n+](-c6cc(C(C)(C)c7ccccc7)cc(C(C)(C)c7ccccc7)c6)c(C(C)(C)c6ccccc6)c5C(C)(C)c5ccccc5)ccc4)cc(C(C)(C)C)c3c3ccccc32)c1.[Pt]. The maximum Gasteiger partial charge on any atom is 0.267 e. The smallest absolute Gasteiger partial charge is 0.267 e. The van der Waals surface area contributed by atoms with Gasteiger partial charge in [0.25, 0.3) is 6.33 Å². The van der Waals surface area contributed by atoms with Crippen LogP contribution in [0.4, 0.5) is 0 Å². The number of imidazole rings is 1. The van der Waals surface area contributed by atoms with E-state index in [9.17, 15) is 0 Å². The number of para-hydroxylation sites is 1. The minimum Gasteiger partial charge on any atom is -0.510 e. The predicted molar refractivity (Wildman–Crippen MR) is 334 cm³/mol. The maximum atomic E-state index is 7.13. The van der Waals surface area contributed by atoms with Crippen LogP contribution in [-0.2, 0) is 53.6 Å². The van der Waals surface area contributed by atoms with Crippen LogP contribution in [0, 0.1) is 18.5 Å². The van der Waals surface area contributed by atoms with Crippen LogP contribution in [0.2, 0.25) is 0 Å². The van der Waals surface area contributed by atoms with E-state index in [-0.39, 0.29) is 42.7 Å². The molecule has 5 nitrogen and oxygen atoms in total. The van der Waals surface area contributed by atoms with Gasteiger partial charge in [-0.3, -0.25) is 4.57 Å². The second-order valence-corrected chi connectivity index (χ2v) is 26.2. The second kappa shape index (κ2) is 21.6. The van der Waals surface area contributed by atoms with E-state index in [0.717, 1.165) is 55.9 Å². The molecule has 418 valence electrons. The summed E-state index contributed by atoms with van der Waals surface area (Å²) >= 11 is 0. The molecule has 3 aromatic heterocycles. The van der Waals surface area contributed by atoms with Gasteiger partial charge in [-0.05, 0) is 91.2 Å². The Kier molecular flexibility index (Phi) is 15.2. The van der Waals surface area contributed by atoms with E-state index in [0.29, 0.717) is 11.5 Å². The van der Waals surface area contributed by atoms with E-state index in [1.165, 1.54) is 38.9 Å². The largest absolute Gasteiger partial charge is 0.510 e. The van der Waals surface area contributed by atoms with Gasteiger partial charge in [-0.15, -0.1) is 29.8 Å². The Labute approximate surface area is 502 Å². The maximum absolute atomic E-state index is 7.13. The second-order valence-electron chi connectivity index (χ2n) is 26.2. The topological polar surface area (TPSA) is 35.9 Å². The number of aromatic nitrogens is 4. The zero-order valence-corrected chi connectivity index (χ0v) is 52.4. The van der Waals surface area contributed by atoms with Crippen molar-refractivity contribution in [2.45, 2.75) is 129 Å². The average molecular weight is 1260 g/mol. The van der Waals surface area contributed by atoms with Crippen molar-refractivity contribution in [3.05, 3.63) is 281 Å². The number of rotatable bonds is 13. The number of hydrogen-bond donors (Lipinski definition) is 0. The monoisotopic (exact) mass is 1260 g/mol. The first-order valence-electron chi connectivity index (χ1n) is 28.6. The van der Waals surface area contributed by atoms with Gasteiger partial charge in [0.1, 0.15) is 5.82 Å². The number of ether oxygens (including phenoxy) is 1. The summed E-state index contributed by atoms with van der Waals surface area (Å²) in [4.78, 5) is 5.01. The Morgan fingerprint density at radius 2 is 0.951 bits per heavy atom. The van der Waals surface area contributed by atoms with Crippen LogP contribution in [0.15, 0.2) is 206 Å². The van der Waals surface area contributed by atoms with Crippen LogP contribution in [0.3, 0.4) is 0 Å². The van der Waals surface area contributed by atoms with E-state index >= 15 is 0 Å². The fraction of sp³-hybridized carbons (Fsp3) is 0.263. The zero-order chi connectivity index (χ0) is 57.3. The number of benzene rings is 8. The molecule has 0 radical (unpaired) electrons. The Balaban J connectivity index is 0.00000753. The molecule has 0 bridgehead atoms. The van der Waals surface area contributed by atoms with Crippen molar-refractivity contribution in [1.82, 2.24) is 14.1 Å². The Morgan fingerprint density at radius 1 is 0.439 bits per heavy atom. The minimum absolute atomic E-state index is 0. The molecule has 11 rings (SSSR count). The molecule has 0 fully saturated rings. The molecule has 8 aromatic carbocycles. The normalized spacial score (nSPS) is 12.7. The average Bonchev–Trinajstić information content (AvgIpc) is 2.16. The summed E-state index contributed by atoms with van der Waals surface area (Å²) < 4.78 is 14.0. The third-order valence-electron chi connectivity index (χ3n) is 17.2. The van der Waals surface area contributed by atoms with Gasteiger partial charge in [0.2, 0.25) is 0 Å². The van der Waals surface area contributed by atoms with Crippen LogP contribution in [-0.4, -0.2) is 14.1 Å². The summed E-state index contributed by atoms with van der Waals surface area (Å²) in [5.74, 6) is 2.02. The molecule has 0 atom stereocenters. The van der Waals surface area contributed by atoms with Crippen LogP contribution in [0.5, 0.6) is 11.5 Å². The van der Waals surface area contributed by atoms with E-state index in [4.69, 9.17) is 9.72 Å². The molecule has 82 heavy (non-hydrogen) atoms. The number of nitrogens with zero attached hydrogens (tertiary/aromatic N) is 4. The molecule has 6 heteroatoms. The molecule has 0 unspecified atom stereocenters. The summed E-state index contributed by atoms with van der Waals surface area (Å²) in [6, 6.07) is 79.9. The predicted octanol–water partition coefficient (Wildman–Crippen LogP) is 18.3. The quantitative estimate of drug-likeness (QED) is 0.0852. The Bertz CT molecular complexity index is 4010. The third-order valence-corrected chi connectivity index (χ3v) is 17.2. The van der Waals surface area contributed by atoms with Crippen LogP contribution >= 0.6 is 0 Å². The first kappa shape index (κ1) is 57.6. The molecule has 0 saturated carbocycles. The van der Waals surface area contributed by atoms with Crippen molar-refractivity contribution < 1.29 is 30.4 Å². The molecule has 0 aliphatic rings. The van der Waals surface area contributed by atoms with Crippen molar-refractivity contribution >= 4 is 21.8 Å². The number of hydrogen-bond acceptors (Lipinski definition) is 2. The summed E-state index contributed by atoms with van der Waals surface area (Å²) in [6.07, 6.45) is 6.03. The van der Waals surface area contributed by atoms with E-state index in [2.05, 4.69) is 323 Å². The van der Waals surface area contributed by atoms with Crippen LogP contribution in [0.25, 0.3) is 39.0 Å². The molecule has 0 saturated heterocycles. The van der Waals surface area contributed by atoms with Crippen molar-refractivity contribution in [3.63, 3.8) is 0 Å². The molecule has 0 aliphatic heterocycles. The summed E-state index contributed by atoms with van der Waals surface area (Å²) in [5.41, 5.74) is 13.6. The van der Waals surface area contributed by atoms with Gasteiger partial charge in [-0.25, -0.2) is 4.98 Å². The molecule has 11 aromatic rings. The van der Waals surface area contributed by atoms with E-state index < -0.39 is 10.8 Å². The molecule has 0 spiro atoms.